The molecule has 2 heteroatoms. The molecule has 0 saturated carbocycles. The lowest BCUT2D eigenvalue weighted by Gasteiger charge is -2.32. The summed E-state index contributed by atoms with van der Waals surface area (Å²) >= 11 is 1.89. The second-order valence-electron chi connectivity index (χ2n) is 5.00. The Morgan fingerprint density at radius 2 is 2.00 bits per heavy atom. The van der Waals surface area contributed by atoms with Gasteiger partial charge in [-0.25, -0.2) is 0 Å². The molecule has 1 N–H and O–H groups in total. The van der Waals surface area contributed by atoms with Gasteiger partial charge in [0.1, 0.15) is 0 Å². The minimum absolute atomic E-state index is 0.440. The summed E-state index contributed by atoms with van der Waals surface area (Å²) in [5, 5.41) is 5.79. The standard InChI is InChI=1S/C14H25NS/c1-5-14(6-2,11-15-12(3)4)10-13-8-7-9-16-13/h7-9,12,15H,5-6,10-11H2,1-4H3. The lowest BCUT2D eigenvalue weighted by atomic mass is 9.78. The van der Waals surface area contributed by atoms with Crippen molar-refractivity contribution >= 4 is 11.3 Å². The Balaban J connectivity index is 2.63. The summed E-state index contributed by atoms with van der Waals surface area (Å²) in [6.07, 6.45) is 3.72. The third-order valence-electron chi connectivity index (χ3n) is 3.51. The van der Waals surface area contributed by atoms with Crippen molar-refractivity contribution in [2.45, 2.75) is 53.0 Å². The van der Waals surface area contributed by atoms with Crippen LogP contribution in [0.15, 0.2) is 17.5 Å². The molecule has 0 fully saturated rings. The Morgan fingerprint density at radius 3 is 2.44 bits per heavy atom. The minimum Gasteiger partial charge on any atom is -0.314 e. The molecule has 1 heterocycles. The maximum Gasteiger partial charge on any atom is 0.00512 e. The number of nitrogens with one attached hydrogen (secondary N) is 1. The summed E-state index contributed by atoms with van der Waals surface area (Å²) < 4.78 is 0. The largest absolute Gasteiger partial charge is 0.314 e. The molecule has 1 aromatic rings. The first kappa shape index (κ1) is 13.7. The fourth-order valence-corrected chi connectivity index (χ4v) is 2.89. The van der Waals surface area contributed by atoms with E-state index < -0.39 is 0 Å². The number of thiophene rings is 1. The van der Waals surface area contributed by atoms with Crippen molar-refractivity contribution in [3.8, 4) is 0 Å². The smallest absolute Gasteiger partial charge is 0.00512 e. The first-order valence-corrected chi connectivity index (χ1v) is 7.25. The van der Waals surface area contributed by atoms with Gasteiger partial charge in [0, 0.05) is 17.5 Å². The summed E-state index contributed by atoms with van der Waals surface area (Å²) in [6, 6.07) is 5.01. The van der Waals surface area contributed by atoms with E-state index in [1.807, 2.05) is 11.3 Å². The zero-order valence-corrected chi connectivity index (χ0v) is 11.9. The molecule has 0 radical (unpaired) electrons. The van der Waals surface area contributed by atoms with Crippen molar-refractivity contribution in [1.29, 1.82) is 0 Å². The molecular weight excluding hydrogens is 214 g/mol. The molecule has 0 aromatic carbocycles. The maximum atomic E-state index is 3.61. The van der Waals surface area contributed by atoms with Crippen molar-refractivity contribution in [2.24, 2.45) is 5.41 Å². The van der Waals surface area contributed by atoms with Crippen LogP contribution in [0.4, 0.5) is 0 Å². The van der Waals surface area contributed by atoms with Gasteiger partial charge in [0.2, 0.25) is 0 Å². The Kier molecular flexibility index (Phi) is 5.50. The molecule has 0 spiro atoms. The summed E-state index contributed by atoms with van der Waals surface area (Å²) in [5.41, 5.74) is 0.440. The van der Waals surface area contributed by atoms with E-state index in [1.165, 1.54) is 24.1 Å². The normalized spacial score (nSPS) is 12.3. The highest BCUT2D eigenvalue weighted by atomic mass is 32.1. The van der Waals surface area contributed by atoms with E-state index in [2.05, 4.69) is 50.5 Å². The Hall–Kier alpha value is -0.340. The summed E-state index contributed by atoms with van der Waals surface area (Å²) in [6.45, 7) is 10.2. The topological polar surface area (TPSA) is 12.0 Å². The van der Waals surface area contributed by atoms with Gasteiger partial charge >= 0.3 is 0 Å². The zero-order chi connectivity index (χ0) is 12.0. The van der Waals surface area contributed by atoms with E-state index in [-0.39, 0.29) is 0 Å². The van der Waals surface area contributed by atoms with Crippen LogP contribution in [0, 0.1) is 5.41 Å². The van der Waals surface area contributed by atoms with Crippen LogP contribution in [0.5, 0.6) is 0 Å². The predicted molar refractivity (Wildman–Crippen MR) is 74.2 cm³/mol. The van der Waals surface area contributed by atoms with Crippen molar-refractivity contribution < 1.29 is 0 Å². The SMILES string of the molecule is CCC(CC)(CNC(C)C)Cc1cccs1. The van der Waals surface area contributed by atoms with Crippen LogP contribution in [-0.2, 0) is 6.42 Å². The Morgan fingerprint density at radius 1 is 1.31 bits per heavy atom. The van der Waals surface area contributed by atoms with Gasteiger partial charge in [0.15, 0.2) is 0 Å². The van der Waals surface area contributed by atoms with Crippen molar-refractivity contribution in [3.63, 3.8) is 0 Å². The van der Waals surface area contributed by atoms with E-state index >= 15 is 0 Å². The van der Waals surface area contributed by atoms with Crippen molar-refractivity contribution in [3.05, 3.63) is 22.4 Å². The molecule has 1 rings (SSSR count). The van der Waals surface area contributed by atoms with Crippen LogP contribution in [0.2, 0.25) is 0 Å². The van der Waals surface area contributed by atoms with Crippen LogP contribution >= 0.6 is 11.3 Å². The van der Waals surface area contributed by atoms with Gasteiger partial charge in [-0.15, -0.1) is 11.3 Å². The number of hydrogen-bond donors (Lipinski definition) is 1. The van der Waals surface area contributed by atoms with Gasteiger partial charge in [0.25, 0.3) is 0 Å². The van der Waals surface area contributed by atoms with E-state index in [0.717, 1.165) is 6.54 Å². The summed E-state index contributed by atoms with van der Waals surface area (Å²) in [4.78, 5) is 1.52. The Labute approximate surface area is 104 Å². The fraction of sp³-hybridized carbons (Fsp3) is 0.714. The summed E-state index contributed by atoms with van der Waals surface area (Å²) in [5.74, 6) is 0. The molecule has 0 bridgehead atoms. The molecule has 0 saturated heterocycles. The van der Waals surface area contributed by atoms with E-state index in [0.29, 0.717) is 11.5 Å². The third kappa shape index (κ3) is 3.91. The average molecular weight is 239 g/mol. The lowest BCUT2D eigenvalue weighted by molar-refractivity contribution is 0.241. The van der Waals surface area contributed by atoms with E-state index in [9.17, 15) is 0 Å². The molecule has 16 heavy (non-hydrogen) atoms. The summed E-state index contributed by atoms with van der Waals surface area (Å²) in [7, 11) is 0. The quantitative estimate of drug-likeness (QED) is 0.755. The van der Waals surface area contributed by atoms with Gasteiger partial charge in [-0.3, -0.25) is 0 Å². The van der Waals surface area contributed by atoms with E-state index in [1.54, 1.807) is 0 Å². The highest BCUT2D eigenvalue weighted by molar-refractivity contribution is 7.09. The molecule has 0 aliphatic rings. The van der Waals surface area contributed by atoms with Crippen LogP contribution in [-0.4, -0.2) is 12.6 Å². The highest BCUT2D eigenvalue weighted by Gasteiger charge is 2.26. The lowest BCUT2D eigenvalue weighted by Crippen LogP contribution is -2.38. The van der Waals surface area contributed by atoms with Crippen LogP contribution in [0.3, 0.4) is 0 Å². The van der Waals surface area contributed by atoms with Crippen molar-refractivity contribution in [2.75, 3.05) is 6.54 Å². The molecule has 1 nitrogen and oxygen atoms in total. The monoisotopic (exact) mass is 239 g/mol. The molecule has 0 atom stereocenters. The van der Waals surface area contributed by atoms with Crippen LogP contribution in [0.25, 0.3) is 0 Å². The van der Waals surface area contributed by atoms with E-state index in [4.69, 9.17) is 0 Å². The van der Waals surface area contributed by atoms with Gasteiger partial charge < -0.3 is 5.32 Å². The molecule has 1 aromatic heterocycles. The number of hydrogen-bond acceptors (Lipinski definition) is 2. The van der Waals surface area contributed by atoms with Crippen LogP contribution in [0.1, 0.15) is 45.4 Å². The fourth-order valence-electron chi connectivity index (χ4n) is 2.02. The zero-order valence-electron chi connectivity index (χ0n) is 11.0. The second-order valence-corrected chi connectivity index (χ2v) is 6.03. The van der Waals surface area contributed by atoms with Gasteiger partial charge in [-0.1, -0.05) is 33.8 Å². The van der Waals surface area contributed by atoms with Gasteiger partial charge in [-0.05, 0) is 36.1 Å². The van der Waals surface area contributed by atoms with Gasteiger partial charge in [-0.2, -0.15) is 0 Å². The molecular formula is C14H25NS. The second kappa shape index (κ2) is 6.41. The average Bonchev–Trinajstić information content (AvgIpc) is 2.77. The minimum atomic E-state index is 0.440. The number of rotatable bonds is 7. The first-order chi connectivity index (χ1) is 7.62. The third-order valence-corrected chi connectivity index (χ3v) is 4.39. The molecule has 0 aliphatic heterocycles. The first-order valence-electron chi connectivity index (χ1n) is 6.37. The molecule has 92 valence electrons. The molecule has 0 unspecified atom stereocenters. The van der Waals surface area contributed by atoms with Crippen LogP contribution < -0.4 is 5.32 Å². The maximum absolute atomic E-state index is 3.61. The van der Waals surface area contributed by atoms with Gasteiger partial charge in [0.05, 0.1) is 0 Å². The molecule has 0 amide bonds. The Bertz CT molecular complexity index is 273. The predicted octanol–water partition coefficient (Wildman–Crippen LogP) is 4.10. The molecule has 0 aliphatic carbocycles. The van der Waals surface area contributed by atoms with Crippen molar-refractivity contribution in [1.82, 2.24) is 5.32 Å². The highest BCUT2D eigenvalue weighted by Crippen LogP contribution is 2.31.